The van der Waals surface area contributed by atoms with Gasteiger partial charge in [-0.3, -0.25) is 14.9 Å². The van der Waals surface area contributed by atoms with E-state index in [1.54, 1.807) is 0 Å². The van der Waals surface area contributed by atoms with E-state index in [-0.39, 0.29) is 5.57 Å². The third-order valence-corrected chi connectivity index (χ3v) is 1.54. The molecule has 0 fully saturated rings. The van der Waals surface area contributed by atoms with E-state index < -0.39 is 11.8 Å². The summed E-state index contributed by atoms with van der Waals surface area (Å²) in [7, 11) is 0. The van der Waals surface area contributed by atoms with Crippen molar-refractivity contribution in [3.8, 4) is 0 Å². The Morgan fingerprint density at radius 3 is 2.69 bits per heavy atom. The molecule has 13 heavy (non-hydrogen) atoms. The van der Waals surface area contributed by atoms with E-state index in [2.05, 4.69) is 20.7 Å². The first-order valence-corrected chi connectivity index (χ1v) is 3.49. The van der Waals surface area contributed by atoms with E-state index in [1.165, 1.54) is 18.3 Å². The molecule has 1 aliphatic rings. The minimum Gasteiger partial charge on any atom is -0.289 e. The Balaban J connectivity index is 2.43. The van der Waals surface area contributed by atoms with Crippen molar-refractivity contribution in [3.05, 3.63) is 24.0 Å². The molecule has 0 aromatic carbocycles. The molecule has 2 rings (SSSR count). The maximum atomic E-state index is 11.1. The van der Waals surface area contributed by atoms with Gasteiger partial charge in [0.15, 0.2) is 0 Å². The van der Waals surface area contributed by atoms with Gasteiger partial charge in [0.2, 0.25) is 0 Å². The summed E-state index contributed by atoms with van der Waals surface area (Å²) in [5.74, 6) is -0.885. The van der Waals surface area contributed by atoms with E-state index in [1.807, 2.05) is 0 Å². The molecule has 0 bridgehead atoms. The monoisotopic (exact) mass is 176 g/mol. The maximum Gasteiger partial charge on any atom is 0.260 e. The van der Waals surface area contributed by atoms with Gasteiger partial charge in [-0.1, -0.05) is 0 Å². The van der Waals surface area contributed by atoms with Crippen LogP contribution in [0.15, 0.2) is 18.3 Å². The van der Waals surface area contributed by atoms with Gasteiger partial charge in [0.1, 0.15) is 5.69 Å². The molecule has 1 aromatic rings. The zero-order valence-corrected chi connectivity index (χ0v) is 6.39. The van der Waals surface area contributed by atoms with Crippen LogP contribution in [0, 0.1) is 0 Å². The quantitative estimate of drug-likeness (QED) is 0.549. The van der Waals surface area contributed by atoms with Gasteiger partial charge < -0.3 is 0 Å². The number of nitrogens with one attached hydrogen (secondary N) is 1. The van der Waals surface area contributed by atoms with E-state index in [0.717, 1.165) is 0 Å². The van der Waals surface area contributed by atoms with Crippen molar-refractivity contribution in [1.82, 2.24) is 20.7 Å². The standard InChI is InChI=1S/C7H4N4O2/c12-6-3-4(7(13)9-6)5-1-2-8-11-10-5/h1-3H,(H,9,12,13). The number of imide groups is 1. The molecule has 0 saturated carbocycles. The molecule has 0 saturated heterocycles. The summed E-state index contributed by atoms with van der Waals surface area (Å²) >= 11 is 0. The first-order valence-electron chi connectivity index (χ1n) is 3.49. The predicted octanol–water partition coefficient (Wildman–Crippen LogP) is -1.09. The number of aromatic nitrogens is 3. The summed E-state index contributed by atoms with van der Waals surface area (Å²) < 4.78 is 0. The Morgan fingerprint density at radius 1 is 1.31 bits per heavy atom. The molecule has 1 aromatic heterocycles. The normalized spacial score (nSPS) is 15.5. The van der Waals surface area contributed by atoms with Crippen LogP contribution in [-0.4, -0.2) is 27.2 Å². The number of rotatable bonds is 1. The lowest BCUT2D eigenvalue weighted by Crippen LogP contribution is -2.22. The van der Waals surface area contributed by atoms with Crippen molar-refractivity contribution in [3.63, 3.8) is 0 Å². The molecule has 6 heteroatoms. The molecule has 2 amide bonds. The van der Waals surface area contributed by atoms with Crippen LogP contribution in [-0.2, 0) is 9.59 Å². The minimum atomic E-state index is -0.453. The van der Waals surface area contributed by atoms with Crippen LogP contribution in [0.4, 0.5) is 0 Å². The van der Waals surface area contributed by atoms with E-state index >= 15 is 0 Å². The van der Waals surface area contributed by atoms with Crippen LogP contribution >= 0.6 is 0 Å². The fourth-order valence-corrected chi connectivity index (χ4v) is 0.987. The highest BCUT2D eigenvalue weighted by Gasteiger charge is 2.23. The van der Waals surface area contributed by atoms with Crippen molar-refractivity contribution in [2.45, 2.75) is 0 Å². The second kappa shape index (κ2) is 2.74. The number of hydrogen-bond acceptors (Lipinski definition) is 5. The van der Waals surface area contributed by atoms with Crippen LogP contribution in [0.25, 0.3) is 5.57 Å². The summed E-state index contributed by atoms with van der Waals surface area (Å²) in [4.78, 5) is 21.9. The average molecular weight is 176 g/mol. The Labute approximate surface area is 72.7 Å². The van der Waals surface area contributed by atoms with Gasteiger partial charge in [-0.05, 0) is 11.3 Å². The molecule has 1 N–H and O–H groups in total. The summed E-state index contributed by atoms with van der Waals surface area (Å²) in [5.41, 5.74) is 0.568. The highest BCUT2D eigenvalue weighted by atomic mass is 16.2. The lowest BCUT2D eigenvalue weighted by atomic mass is 10.2. The Kier molecular flexibility index (Phi) is 1.59. The number of carbonyl (C=O) groups is 2. The van der Waals surface area contributed by atoms with Gasteiger partial charge in [0.25, 0.3) is 11.8 Å². The van der Waals surface area contributed by atoms with Gasteiger partial charge in [0, 0.05) is 6.08 Å². The van der Waals surface area contributed by atoms with Crippen molar-refractivity contribution in [2.24, 2.45) is 0 Å². The average Bonchev–Trinajstić information content (AvgIpc) is 2.47. The highest BCUT2D eigenvalue weighted by molar-refractivity contribution is 6.33. The lowest BCUT2D eigenvalue weighted by Gasteiger charge is -1.94. The number of nitrogens with zero attached hydrogens (tertiary/aromatic N) is 3. The van der Waals surface area contributed by atoms with Crippen LogP contribution in [0.5, 0.6) is 0 Å². The van der Waals surface area contributed by atoms with Crippen LogP contribution in [0.3, 0.4) is 0 Å². The molecule has 0 radical (unpaired) electrons. The topological polar surface area (TPSA) is 84.8 Å². The molecule has 0 unspecified atom stereocenters. The van der Waals surface area contributed by atoms with Gasteiger partial charge in [-0.25, -0.2) is 0 Å². The largest absolute Gasteiger partial charge is 0.289 e. The Bertz CT molecular complexity index is 398. The van der Waals surface area contributed by atoms with Gasteiger partial charge >= 0.3 is 0 Å². The lowest BCUT2D eigenvalue weighted by molar-refractivity contribution is -0.123. The third kappa shape index (κ3) is 1.28. The molecular formula is C7H4N4O2. The van der Waals surface area contributed by atoms with Gasteiger partial charge in [-0.2, -0.15) is 0 Å². The predicted molar refractivity (Wildman–Crippen MR) is 41.0 cm³/mol. The van der Waals surface area contributed by atoms with Crippen LogP contribution < -0.4 is 5.32 Å². The number of amides is 2. The number of hydrogen-bond donors (Lipinski definition) is 1. The highest BCUT2D eigenvalue weighted by Crippen LogP contribution is 2.13. The molecule has 2 heterocycles. The molecule has 0 atom stereocenters. The first kappa shape index (κ1) is 7.53. The Morgan fingerprint density at radius 2 is 2.15 bits per heavy atom. The van der Waals surface area contributed by atoms with Crippen molar-refractivity contribution in [1.29, 1.82) is 0 Å². The second-order valence-electron chi connectivity index (χ2n) is 2.38. The van der Waals surface area contributed by atoms with Crippen molar-refractivity contribution >= 4 is 17.4 Å². The van der Waals surface area contributed by atoms with Gasteiger partial charge in [-0.15, -0.1) is 10.2 Å². The fourth-order valence-electron chi connectivity index (χ4n) is 0.987. The van der Waals surface area contributed by atoms with Gasteiger partial charge in [0.05, 0.1) is 11.8 Å². The minimum absolute atomic E-state index is 0.222. The third-order valence-electron chi connectivity index (χ3n) is 1.54. The summed E-state index contributed by atoms with van der Waals surface area (Å²) in [6.45, 7) is 0. The smallest absolute Gasteiger partial charge is 0.260 e. The molecule has 0 aliphatic carbocycles. The fraction of sp³-hybridized carbons (Fsp3) is 0. The van der Waals surface area contributed by atoms with E-state index in [9.17, 15) is 9.59 Å². The number of carbonyl (C=O) groups excluding carboxylic acids is 2. The SMILES string of the molecule is O=C1C=C(c2ccnnn2)C(=O)N1. The second-order valence-corrected chi connectivity index (χ2v) is 2.38. The summed E-state index contributed by atoms with van der Waals surface area (Å²) in [6, 6.07) is 1.51. The van der Waals surface area contributed by atoms with Crippen LogP contribution in [0.2, 0.25) is 0 Å². The van der Waals surface area contributed by atoms with E-state index in [0.29, 0.717) is 5.69 Å². The van der Waals surface area contributed by atoms with Crippen molar-refractivity contribution < 1.29 is 9.59 Å². The van der Waals surface area contributed by atoms with Crippen molar-refractivity contribution in [2.75, 3.05) is 0 Å². The molecule has 6 nitrogen and oxygen atoms in total. The maximum absolute atomic E-state index is 11.1. The van der Waals surface area contributed by atoms with Crippen LogP contribution in [0.1, 0.15) is 5.69 Å². The molecule has 1 aliphatic heterocycles. The molecule has 64 valence electrons. The molecular weight excluding hydrogens is 172 g/mol. The first-order chi connectivity index (χ1) is 6.27. The summed E-state index contributed by atoms with van der Waals surface area (Å²) in [5, 5.41) is 12.5. The summed E-state index contributed by atoms with van der Waals surface area (Å²) in [6.07, 6.45) is 2.59. The zero-order valence-electron chi connectivity index (χ0n) is 6.39. The zero-order chi connectivity index (χ0) is 9.26. The Hall–Kier alpha value is -2.11. The van der Waals surface area contributed by atoms with E-state index in [4.69, 9.17) is 0 Å². The molecule has 0 spiro atoms.